The molecule has 10 nitrogen and oxygen atoms in total. The molecule has 0 saturated carbocycles. The van der Waals surface area contributed by atoms with Crippen molar-refractivity contribution in [1.82, 2.24) is 0 Å². The van der Waals surface area contributed by atoms with Gasteiger partial charge in [-0.05, 0) is 107 Å². The minimum Gasteiger partial charge on any atom is -0.410 e. The number of anilines is 1. The van der Waals surface area contributed by atoms with Crippen LogP contribution >= 0.6 is 0 Å². The van der Waals surface area contributed by atoms with E-state index in [2.05, 4.69) is 38.8 Å². The summed E-state index contributed by atoms with van der Waals surface area (Å²) in [6, 6.07) is 49.0. The first kappa shape index (κ1) is 53.0. The number of hydrogen-bond donors (Lipinski definition) is 0. The first-order valence-electron chi connectivity index (χ1n) is 24.7. The second kappa shape index (κ2) is 23.7. The second-order valence-electron chi connectivity index (χ2n) is 20.3. The first-order chi connectivity index (χ1) is 34.6. The van der Waals surface area contributed by atoms with Crippen molar-refractivity contribution < 1.29 is 49.5 Å². The van der Waals surface area contributed by atoms with E-state index in [0.29, 0.717) is 13.0 Å². The summed E-state index contributed by atoms with van der Waals surface area (Å²) in [7, 11) is -5.08. The quantitative estimate of drug-likeness (QED) is 0.0482. The topological polar surface area (TPSA) is 102 Å². The van der Waals surface area contributed by atoms with Gasteiger partial charge in [-0.15, -0.1) is 0 Å². The minimum absolute atomic E-state index is 0.0331. The fourth-order valence-corrected chi connectivity index (χ4v) is 11.7. The van der Waals surface area contributed by atoms with E-state index >= 15 is 0 Å². The Labute approximate surface area is 425 Å². The number of hydrogen-bond acceptors (Lipinski definition) is 10. The maximum absolute atomic E-state index is 14.3. The molecular weight excluding hydrogens is 953 g/mol. The maximum Gasteiger partial charge on any atom is 0.311 e. The van der Waals surface area contributed by atoms with Crippen molar-refractivity contribution in [2.75, 3.05) is 24.3 Å². The lowest BCUT2D eigenvalue weighted by Gasteiger charge is -2.51. The van der Waals surface area contributed by atoms with Crippen LogP contribution in [0.1, 0.15) is 73.6 Å². The van der Waals surface area contributed by atoms with Gasteiger partial charge < -0.3 is 37.2 Å². The zero-order valence-corrected chi connectivity index (χ0v) is 43.8. The van der Waals surface area contributed by atoms with Gasteiger partial charge in [0.25, 0.3) is 0 Å². The Kier molecular flexibility index (Phi) is 17.5. The second-order valence-corrected chi connectivity index (χ2v) is 26.6. The van der Waals surface area contributed by atoms with E-state index in [-0.39, 0.29) is 60.3 Å². The Hall–Kier alpha value is -5.29. The minimum atomic E-state index is -4.35. The molecule has 0 unspecified atom stereocenters. The number of ether oxygens (including phenoxy) is 5. The molecule has 2 fully saturated rings. The normalized spacial score (nSPS) is 22.0. The number of halogens is 2. The van der Waals surface area contributed by atoms with Crippen molar-refractivity contribution in [3.8, 4) is 5.75 Å². The van der Waals surface area contributed by atoms with Crippen molar-refractivity contribution in [2.45, 2.75) is 114 Å². The largest absolute Gasteiger partial charge is 0.410 e. The highest BCUT2D eigenvalue weighted by Crippen LogP contribution is 2.47. The molecule has 8 atom stereocenters. The van der Waals surface area contributed by atoms with Gasteiger partial charge in [0.1, 0.15) is 47.6 Å². The van der Waals surface area contributed by atoms with Crippen LogP contribution < -0.4 is 9.08 Å². The summed E-state index contributed by atoms with van der Waals surface area (Å²) in [6.45, 7) is 12.3. The number of rotatable bonds is 22. The predicted molar refractivity (Wildman–Crippen MR) is 278 cm³/mol. The lowest BCUT2D eigenvalue weighted by atomic mass is 9.79. The van der Waals surface area contributed by atoms with Crippen LogP contribution in [-0.4, -0.2) is 66.8 Å². The van der Waals surface area contributed by atoms with Gasteiger partial charge in [0, 0.05) is 25.3 Å². The van der Waals surface area contributed by atoms with E-state index < -0.39 is 54.9 Å². The summed E-state index contributed by atoms with van der Waals surface area (Å²) in [4.78, 5) is 2.23. The molecule has 0 radical (unpaired) electrons. The van der Waals surface area contributed by atoms with Crippen LogP contribution in [0.4, 0.5) is 14.5 Å². The molecule has 2 aliphatic heterocycles. The highest BCUT2D eigenvalue weighted by molar-refractivity contribution is 7.87. The van der Waals surface area contributed by atoms with Gasteiger partial charge in [-0.25, -0.2) is 8.78 Å². The van der Waals surface area contributed by atoms with Crippen molar-refractivity contribution in [3.05, 3.63) is 203 Å². The van der Waals surface area contributed by atoms with E-state index in [1.807, 2.05) is 115 Å². The molecule has 8 rings (SSSR count). The average molecular weight is 1020 g/mol. The summed E-state index contributed by atoms with van der Waals surface area (Å²) in [5.74, 6) is -0.908. The third-order valence-corrected chi connectivity index (χ3v) is 19.8. The fraction of sp³-hybridized carbons (Fsp3) is 0.379. The smallest absolute Gasteiger partial charge is 0.311 e. The first-order valence-corrected chi connectivity index (χ1v) is 29.2. The number of benzene rings is 6. The van der Waals surface area contributed by atoms with Crippen molar-refractivity contribution in [2.24, 2.45) is 5.92 Å². The van der Waals surface area contributed by atoms with Crippen LogP contribution in [0.2, 0.25) is 18.1 Å². The highest BCUT2D eigenvalue weighted by atomic mass is 32.2. The van der Waals surface area contributed by atoms with Gasteiger partial charge >= 0.3 is 10.1 Å². The van der Waals surface area contributed by atoms with Crippen molar-refractivity contribution >= 4 is 24.1 Å². The van der Waals surface area contributed by atoms with Gasteiger partial charge in [0.15, 0.2) is 14.6 Å². The Balaban J connectivity index is 1.02. The molecule has 6 aromatic rings. The molecular formula is C58H67F2NO9SSi. The molecule has 0 amide bonds. The Morgan fingerprint density at radius 3 is 1.68 bits per heavy atom. The van der Waals surface area contributed by atoms with E-state index in [1.165, 1.54) is 31.4 Å². The monoisotopic (exact) mass is 1020 g/mol. The molecule has 0 bridgehead atoms. The summed E-state index contributed by atoms with van der Waals surface area (Å²) in [6.07, 6.45) is -3.44. The lowest BCUT2D eigenvalue weighted by Crippen LogP contribution is -2.62. The van der Waals surface area contributed by atoms with Crippen LogP contribution in [0, 0.1) is 17.6 Å². The van der Waals surface area contributed by atoms with Crippen LogP contribution in [0.5, 0.6) is 5.75 Å². The van der Waals surface area contributed by atoms with Crippen molar-refractivity contribution in [3.63, 3.8) is 0 Å². The number of methoxy groups -OCH3 is 1. The molecule has 2 aliphatic rings. The molecule has 2 heterocycles. The van der Waals surface area contributed by atoms with Gasteiger partial charge in [-0.3, -0.25) is 0 Å². The average Bonchev–Trinajstić information content (AvgIpc) is 3.35. The molecule has 2 saturated heterocycles. The molecule has 0 aliphatic carbocycles. The standard InChI is InChI=1S/C58H67F2NO9SSi/c1-58(2,3)72(5,6)70-51(44-22-27-47(59)28-23-44)35-26-46-36-61(49-31-29-48(60)30-32-49)53(46)45-24-33-50(34-25-45)69-71(62,63)40-52-54(65-37-41-16-10-7-11-17-41)55(66-38-42-18-12-8-13-19-42)56(57(64-4)68-52)67-39-43-20-14-9-15-21-43/h7-25,27-34,46,51-57H,26,35-40H2,1-6H3/t46-,51-,52+,53+,54+,55-,56+,57-/m0/s1. The maximum atomic E-state index is 14.3. The Morgan fingerprint density at radius 2 is 1.17 bits per heavy atom. The number of nitrogens with zero attached hydrogens (tertiary/aromatic N) is 1. The molecule has 382 valence electrons. The van der Waals surface area contributed by atoms with Gasteiger partial charge in [-0.1, -0.05) is 136 Å². The molecule has 0 aromatic heterocycles. The van der Waals surface area contributed by atoms with Gasteiger partial charge in [0.2, 0.25) is 0 Å². The zero-order chi connectivity index (χ0) is 50.9. The summed E-state index contributed by atoms with van der Waals surface area (Å²) >= 11 is 0. The predicted octanol–water partition coefficient (Wildman–Crippen LogP) is 12.5. The molecule has 0 spiro atoms. The Morgan fingerprint density at radius 1 is 0.667 bits per heavy atom. The third kappa shape index (κ3) is 13.6. The highest BCUT2D eigenvalue weighted by Gasteiger charge is 2.50. The summed E-state index contributed by atoms with van der Waals surface area (Å²) in [5, 5.41) is -0.0331. The van der Waals surface area contributed by atoms with Crippen LogP contribution in [0.3, 0.4) is 0 Å². The summed E-state index contributed by atoms with van der Waals surface area (Å²) in [5.41, 5.74) is 5.48. The van der Waals surface area contributed by atoms with E-state index in [1.54, 1.807) is 24.3 Å². The SMILES string of the molecule is CO[C@H]1O[C@H](CS(=O)(=O)Oc2ccc([C@@H]3[C@@H](CC[C@H](O[Si](C)(C)C(C)(C)C)c4ccc(F)cc4)CN3c3ccc(F)cc3)cc2)[C@@H](OCc2ccccc2)[C@H](OCc2ccccc2)[C@H]1OCc1ccccc1. The molecule has 0 N–H and O–H groups in total. The van der Waals surface area contributed by atoms with Gasteiger partial charge in [-0.2, -0.15) is 8.42 Å². The molecule has 72 heavy (non-hydrogen) atoms. The van der Waals surface area contributed by atoms with Crippen molar-refractivity contribution in [1.29, 1.82) is 0 Å². The van der Waals surface area contributed by atoms with Gasteiger partial charge in [0.05, 0.1) is 32.0 Å². The van der Waals surface area contributed by atoms with E-state index in [4.69, 9.17) is 32.3 Å². The zero-order valence-electron chi connectivity index (χ0n) is 41.9. The van der Waals surface area contributed by atoms with Crippen LogP contribution in [0.25, 0.3) is 0 Å². The van der Waals surface area contributed by atoms with E-state index in [9.17, 15) is 17.2 Å². The third-order valence-electron chi connectivity index (χ3n) is 14.1. The summed E-state index contributed by atoms with van der Waals surface area (Å²) < 4.78 is 102. The molecule has 14 heteroatoms. The lowest BCUT2D eigenvalue weighted by molar-refractivity contribution is -0.314. The Bertz CT molecular complexity index is 2720. The van der Waals surface area contributed by atoms with Crippen LogP contribution in [0.15, 0.2) is 164 Å². The van der Waals surface area contributed by atoms with Crippen LogP contribution in [-0.2, 0) is 58.0 Å². The fourth-order valence-electron chi connectivity index (χ4n) is 9.22. The van der Waals surface area contributed by atoms with E-state index in [0.717, 1.165) is 39.9 Å². The molecule has 6 aromatic carbocycles.